The monoisotopic (exact) mass is 293 g/mol. The van der Waals surface area contributed by atoms with E-state index in [0.717, 1.165) is 12.0 Å². The van der Waals surface area contributed by atoms with E-state index in [-0.39, 0.29) is 18.7 Å². The molecule has 2 aromatic rings. The third kappa shape index (κ3) is 4.99. The molecule has 0 saturated heterocycles. The van der Waals surface area contributed by atoms with E-state index in [1.54, 1.807) is 0 Å². The molecule has 0 aromatic heterocycles. The van der Waals surface area contributed by atoms with Crippen molar-refractivity contribution in [2.24, 2.45) is 0 Å². The molecule has 0 heterocycles. The van der Waals surface area contributed by atoms with Crippen molar-refractivity contribution in [1.29, 1.82) is 0 Å². The number of aliphatic hydroxyl groups is 1. The zero-order valence-corrected chi connectivity index (χ0v) is 12.7. The maximum absolute atomic E-state index is 9.67. The van der Waals surface area contributed by atoms with Crippen LogP contribution in [0, 0.1) is 0 Å². The van der Waals surface area contributed by atoms with E-state index in [0.29, 0.717) is 0 Å². The summed E-state index contributed by atoms with van der Waals surface area (Å²) in [5, 5.41) is 13.2. The Kier molecular flexibility index (Phi) is 6.62. The van der Waals surface area contributed by atoms with E-state index in [1.165, 1.54) is 5.56 Å². The summed E-state index contributed by atoms with van der Waals surface area (Å²) in [5.74, 6) is 0. The summed E-state index contributed by atoms with van der Waals surface area (Å²) in [4.78, 5) is 0. The van der Waals surface area contributed by atoms with Gasteiger partial charge in [-0.05, 0) is 17.5 Å². The van der Waals surface area contributed by atoms with Crippen LogP contribution in [0.15, 0.2) is 79.4 Å². The number of benzene rings is 2. The van der Waals surface area contributed by atoms with Gasteiger partial charge in [0.1, 0.15) is 0 Å². The predicted octanol–water partition coefficient (Wildman–Crippen LogP) is 3.97. The minimum Gasteiger partial charge on any atom is -0.394 e. The van der Waals surface area contributed by atoms with Gasteiger partial charge in [-0.3, -0.25) is 0 Å². The fraction of sp³-hybridized carbons (Fsp3) is 0.200. The van der Waals surface area contributed by atoms with Crippen LogP contribution in [0.25, 0.3) is 6.08 Å². The predicted molar refractivity (Wildman–Crippen MR) is 93.5 cm³/mol. The third-order valence-electron chi connectivity index (χ3n) is 3.54. The van der Waals surface area contributed by atoms with E-state index < -0.39 is 0 Å². The van der Waals surface area contributed by atoms with Crippen molar-refractivity contribution in [3.8, 4) is 0 Å². The second-order valence-corrected chi connectivity index (χ2v) is 5.21. The molecule has 0 radical (unpaired) electrons. The number of rotatable bonds is 8. The maximum atomic E-state index is 9.67. The summed E-state index contributed by atoms with van der Waals surface area (Å²) >= 11 is 0. The van der Waals surface area contributed by atoms with Crippen LogP contribution in [-0.2, 0) is 0 Å². The van der Waals surface area contributed by atoms with Gasteiger partial charge in [-0.15, -0.1) is 6.58 Å². The van der Waals surface area contributed by atoms with Crippen LogP contribution in [0.1, 0.15) is 23.6 Å². The largest absolute Gasteiger partial charge is 0.394 e. The van der Waals surface area contributed by atoms with Gasteiger partial charge in [0.15, 0.2) is 0 Å². The van der Waals surface area contributed by atoms with Crippen molar-refractivity contribution >= 4 is 6.08 Å². The molecule has 0 amide bonds. The molecular weight excluding hydrogens is 270 g/mol. The fourth-order valence-electron chi connectivity index (χ4n) is 2.37. The van der Waals surface area contributed by atoms with Crippen molar-refractivity contribution < 1.29 is 5.11 Å². The van der Waals surface area contributed by atoms with Crippen LogP contribution in [-0.4, -0.2) is 17.8 Å². The molecule has 2 atom stereocenters. The average molecular weight is 293 g/mol. The first kappa shape index (κ1) is 16.2. The van der Waals surface area contributed by atoms with Crippen LogP contribution in [0.5, 0.6) is 0 Å². The van der Waals surface area contributed by atoms with Gasteiger partial charge < -0.3 is 10.4 Å². The van der Waals surface area contributed by atoms with Crippen molar-refractivity contribution in [2.45, 2.75) is 18.5 Å². The minimum atomic E-state index is -0.0772. The van der Waals surface area contributed by atoms with E-state index in [2.05, 4.69) is 36.2 Å². The molecule has 0 bridgehead atoms. The van der Waals surface area contributed by atoms with Crippen LogP contribution < -0.4 is 5.32 Å². The van der Waals surface area contributed by atoms with Gasteiger partial charge in [-0.2, -0.15) is 0 Å². The van der Waals surface area contributed by atoms with Gasteiger partial charge in [0, 0.05) is 6.04 Å². The molecule has 2 heteroatoms. The Balaban J connectivity index is 2.07. The van der Waals surface area contributed by atoms with E-state index in [1.807, 2.05) is 54.6 Å². The second-order valence-electron chi connectivity index (χ2n) is 5.21. The summed E-state index contributed by atoms with van der Waals surface area (Å²) < 4.78 is 0. The van der Waals surface area contributed by atoms with Gasteiger partial charge in [0.25, 0.3) is 0 Å². The second kappa shape index (κ2) is 8.98. The van der Waals surface area contributed by atoms with Crippen LogP contribution in [0.4, 0.5) is 0 Å². The highest BCUT2D eigenvalue weighted by Crippen LogP contribution is 2.14. The number of hydrogen-bond donors (Lipinski definition) is 2. The summed E-state index contributed by atoms with van der Waals surface area (Å²) in [5.41, 5.74) is 2.26. The highest BCUT2D eigenvalue weighted by molar-refractivity contribution is 5.49. The highest BCUT2D eigenvalue weighted by Gasteiger charge is 2.13. The Labute approximate surface area is 132 Å². The van der Waals surface area contributed by atoms with Crippen molar-refractivity contribution in [3.05, 3.63) is 90.5 Å². The Morgan fingerprint density at radius 2 is 1.64 bits per heavy atom. The molecule has 0 spiro atoms. The third-order valence-corrected chi connectivity index (χ3v) is 3.54. The van der Waals surface area contributed by atoms with Gasteiger partial charge >= 0.3 is 0 Å². The molecule has 2 aromatic carbocycles. The van der Waals surface area contributed by atoms with Crippen molar-refractivity contribution in [3.63, 3.8) is 0 Å². The molecule has 0 aliphatic carbocycles. The van der Waals surface area contributed by atoms with Crippen LogP contribution in [0.3, 0.4) is 0 Å². The van der Waals surface area contributed by atoms with E-state index in [4.69, 9.17) is 0 Å². The summed E-state index contributed by atoms with van der Waals surface area (Å²) in [6.07, 6.45) is 6.93. The van der Waals surface area contributed by atoms with Crippen LogP contribution in [0.2, 0.25) is 0 Å². The van der Waals surface area contributed by atoms with Crippen molar-refractivity contribution in [1.82, 2.24) is 5.32 Å². The zero-order chi connectivity index (χ0) is 15.6. The van der Waals surface area contributed by atoms with Gasteiger partial charge in [-0.25, -0.2) is 0 Å². The topological polar surface area (TPSA) is 32.3 Å². The quantitative estimate of drug-likeness (QED) is 0.722. The average Bonchev–Trinajstić information content (AvgIpc) is 2.59. The maximum Gasteiger partial charge on any atom is 0.0626 e. The summed E-state index contributed by atoms with van der Waals surface area (Å²) in [7, 11) is 0. The smallest absolute Gasteiger partial charge is 0.0626 e. The van der Waals surface area contributed by atoms with Gasteiger partial charge in [0.2, 0.25) is 0 Å². The fourth-order valence-corrected chi connectivity index (χ4v) is 2.37. The molecule has 2 rings (SSSR count). The van der Waals surface area contributed by atoms with Gasteiger partial charge in [0.05, 0.1) is 12.6 Å². The normalized spacial score (nSPS) is 13.9. The Hall–Kier alpha value is -2.16. The first-order valence-electron chi connectivity index (χ1n) is 7.59. The lowest BCUT2D eigenvalue weighted by atomic mass is 10.0. The minimum absolute atomic E-state index is 0.0663. The SMILES string of the molecule is C=CC[C@H](/C=C/c1ccccc1)N[C@@H](CO)c1ccccc1. The highest BCUT2D eigenvalue weighted by atomic mass is 16.3. The molecule has 0 saturated carbocycles. The zero-order valence-electron chi connectivity index (χ0n) is 12.7. The van der Waals surface area contributed by atoms with Crippen LogP contribution >= 0.6 is 0 Å². The standard InChI is InChI=1S/C20H23NO/c1-2-9-19(15-14-17-10-5-3-6-11-17)21-20(16-22)18-12-7-4-8-13-18/h2-8,10-15,19-22H,1,9,16H2/b15-14+/t19-,20+/m1/s1. The lowest BCUT2D eigenvalue weighted by Gasteiger charge is -2.22. The Morgan fingerprint density at radius 3 is 2.23 bits per heavy atom. The number of aliphatic hydroxyl groups excluding tert-OH is 1. The molecule has 22 heavy (non-hydrogen) atoms. The Bertz CT molecular complexity index is 577. The molecule has 0 aliphatic heterocycles. The first-order valence-corrected chi connectivity index (χ1v) is 7.59. The number of hydrogen-bond acceptors (Lipinski definition) is 2. The van der Waals surface area contributed by atoms with Gasteiger partial charge in [-0.1, -0.05) is 78.9 Å². The molecule has 0 fully saturated rings. The molecule has 114 valence electrons. The summed E-state index contributed by atoms with van der Waals surface area (Å²) in [6.45, 7) is 3.89. The summed E-state index contributed by atoms with van der Waals surface area (Å²) in [6, 6.07) is 20.3. The molecule has 0 unspecified atom stereocenters. The lowest BCUT2D eigenvalue weighted by molar-refractivity contribution is 0.238. The molecule has 0 aliphatic rings. The number of nitrogens with one attached hydrogen (secondary N) is 1. The van der Waals surface area contributed by atoms with Crippen molar-refractivity contribution in [2.75, 3.05) is 6.61 Å². The van der Waals surface area contributed by atoms with E-state index in [9.17, 15) is 5.11 Å². The first-order chi connectivity index (χ1) is 10.8. The lowest BCUT2D eigenvalue weighted by Crippen LogP contribution is -2.33. The Morgan fingerprint density at radius 1 is 1.00 bits per heavy atom. The molecule has 2 nitrogen and oxygen atoms in total. The molecular formula is C20H23NO. The van der Waals surface area contributed by atoms with E-state index >= 15 is 0 Å². The molecule has 2 N–H and O–H groups in total.